The maximum Gasteiger partial charge on any atom is 0.252 e. The molecule has 1 aromatic rings. The fraction of sp³-hybridized carbons (Fsp3) is 0.429. The number of amides is 1. The number of carbonyl (C=O) groups excluding carboxylic acids is 1. The second-order valence-electron chi connectivity index (χ2n) is 4.80. The van der Waals surface area contributed by atoms with Crippen molar-refractivity contribution in [3.8, 4) is 6.07 Å². The molecule has 0 saturated carbocycles. The van der Waals surface area contributed by atoms with E-state index in [-0.39, 0.29) is 18.1 Å². The summed E-state index contributed by atoms with van der Waals surface area (Å²) < 4.78 is 4.98. The Balaban J connectivity index is 1.82. The molecule has 1 heterocycles. The van der Waals surface area contributed by atoms with Gasteiger partial charge in [0.25, 0.3) is 5.91 Å². The van der Waals surface area contributed by atoms with Gasteiger partial charge in [0.05, 0.1) is 24.3 Å². The van der Waals surface area contributed by atoms with Crippen LogP contribution in [-0.2, 0) is 16.0 Å². The van der Waals surface area contributed by atoms with Crippen LogP contribution in [0.1, 0.15) is 35.6 Å². The third-order valence-corrected chi connectivity index (χ3v) is 3.53. The highest BCUT2D eigenvalue weighted by Gasteiger charge is 2.33. The van der Waals surface area contributed by atoms with Crippen LogP contribution in [-0.4, -0.2) is 18.6 Å². The second-order valence-corrected chi connectivity index (χ2v) is 4.80. The summed E-state index contributed by atoms with van der Waals surface area (Å²) in [6.07, 6.45) is 2.74. The predicted octanol–water partition coefficient (Wildman–Crippen LogP) is 1.45. The maximum atomic E-state index is 11.7. The summed E-state index contributed by atoms with van der Waals surface area (Å²) in [5.41, 5.74) is 3.02. The molecule has 0 aromatic heterocycles. The van der Waals surface area contributed by atoms with Gasteiger partial charge < -0.3 is 10.1 Å². The molecule has 2 aliphatic rings. The molecule has 92 valence electrons. The maximum absolute atomic E-state index is 11.7. The van der Waals surface area contributed by atoms with Crippen molar-refractivity contribution in [2.24, 2.45) is 0 Å². The van der Waals surface area contributed by atoms with Crippen LogP contribution in [0.3, 0.4) is 0 Å². The Morgan fingerprint density at radius 1 is 1.50 bits per heavy atom. The van der Waals surface area contributed by atoms with Crippen LogP contribution in [0.15, 0.2) is 18.2 Å². The lowest BCUT2D eigenvalue weighted by Crippen LogP contribution is -2.34. The molecule has 18 heavy (non-hydrogen) atoms. The van der Waals surface area contributed by atoms with Gasteiger partial charge in [-0.2, -0.15) is 5.26 Å². The lowest BCUT2D eigenvalue weighted by Gasteiger charge is -2.26. The highest BCUT2D eigenvalue weighted by atomic mass is 16.6. The number of nitrogens with one attached hydrogen (secondary N) is 1. The van der Waals surface area contributed by atoms with Crippen molar-refractivity contribution in [1.29, 1.82) is 5.26 Å². The summed E-state index contributed by atoms with van der Waals surface area (Å²) >= 11 is 0. The summed E-state index contributed by atoms with van der Waals surface area (Å²) in [5.74, 6) is -0.0165. The summed E-state index contributed by atoms with van der Waals surface area (Å²) in [6.45, 7) is 0.540. The first-order chi connectivity index (χ1) is 8.78. The van der Waals surface area contributed by atoms with Crippen LogP contribution in [0, 0.1) is 11.3 Å². The molecule has 0 spiro atoms. The van der Waals surface area contributed by atoms with Gasteiger partial charge in [-0.15, -0.1) is 0 Å². The number of carbonyl (C=O) groups is 1. The van der Waals surface area contributed by atoms with Crippen LogP contribution in [0.5, 0.6) is 0 Å². The van der Waals surface area contributed by atoms with Gasteiger partial charge in [0, 0.05) is 0 Å². The molecule has 1 amide bonds. The van der Waals surface area contributed by atoms with E-state index in [1.807, 2.05) is 18.2 Å². The number of nitriles is 1. The molecule has 2 unspecified atom stereocenters. The van der Waals surface area contributed by atoms with Crippen molar-refractivity contribution in [2.75, 3.05) is 6.61 Å². The normalized spacial score (nSPS) is 24.8. The van der Waals surface area contributed by atoms with E-state index in [2.05, 4.69) is 11.4 Å². The number of aryl methyl sites for hydroxylation is 1. The summed E-state index contributed by atoms with van der Waals surface area (Å²) in [7, 11) is 0. The second kappa shape index (κ2) is 4.43. The molecular formula is C14H14N2O2. The SMILES string of the molecule is N#Cc1ccc2c(c1)CCCC2NC(=O)C1CO1. The predicted molar refractivity (Wildman–Crippen MR) is 64.7 cm³/mol. The monoisotopic (exact) mass is 242 g/mol. The minimum absolute atomic E-state index is 0.0165. The molecule has 1 aliphatic carbocycles. The molecule has 1 aliphatic heterocycles. The molecule has 0 radical (unpaired) electrons. The molecular weight excluding hydrogens is 228 g/mol. The van der Waals surface area contributed by atoms with Gasteiger partial charge in [0.1, 0.15) is 0 Å². The van der Waals surface area contributed by atoms with Crippen molar-refractivity contribution in [3.05, 3.63) is 34.9 Å². The van der Waals surface area contributed by atoms with E-state index in [1.54, 1.807) is 0 Å². The number of hydrogen-bond donors (Lipinski definition) is 1. The van der Waals surface area contributed by atoms with Crippen molar-refractivity contribution in [2.45, 2.75) is 31.4 Å². The lowest BCUT2D eigenvalue weighted by atomic mass is 9.86. The van der Waals surface area contributed by atoms with E-state index in [1.165, 1.54) is 5.56 Å². The lowest BCUT2D eigenvalue weighted by molar-refractivity contribution is -0.123. The summed E-state index contributed by atoms with van der Waals surface area (Å²) in [6, 6.07) is 7.93. The topological polar surface area (TPSA) is 65.4 Å². The molecule has 1 N–H and O–H groups in total. The average Bonchev–Trinajstić information content (AvgIpc) is 3.22. The Hall–Kier alpha value is -1.86. The van der Waals surface area contributed by atoms with Gasteiger partial charge in [0.2, 0.25) is 0 Å². The molecule has 4 heteroatoms. The number of epoxide rings is 1. The molecule has 2 atom stereocenters. The van der Waals surface area contributed by atoms with Crippen molar-refractivity contribution in [1.82, 2.24) is 5.32 Å². The Bertz CT molecular complexity index is 529. The van der Waals surface area contributed by atoms with E-state index >= 15 is 0 Å². The van der Waals surface area contributed by atoms with Crippen LogP contribution in [0.25, 0.3) is 0 Å². The zero-order valence-electron chi connectivity index (χ0n) is 9.98. The summed E-state index contributed by atoms with van der Waals surface area (Å²) in [4.78, 5) is 11.7. The van der Waals surface area contributed by atoms with E-state index in [4.69, 9.17) is 10.00 Å². The van der Waals surface area contributed by atoms with Gasteiger partial charge in [-0.05, 0) is 42.5 Å². The molecule has 3 rings (SSSR count). The highest BCUT2D eigenvalue weighted by molar-refractivity contribution is 5.83. The quantitative estimate of drug-likeness (QED) is 0.798. The minimum Gasteiger partial charge on any atom is -0.363 e. The number of ether oxygens (including phenoxy) is 1. The first-order valence-corrected chi connectivity index (χ1v) is 6.23. The molecule has 1 saturated heterocycles. The number of nitrogens with zero attached hydrogens (tertiary/aromatic N) is 1. The van der Waals surface area contributed by atoms with Gasteiger partial charge in [0.15, 0.2) is 6.10 Å². The minimum atomic E-state index is -0.242. The Morgan fingerprint density at radius 3 is 3.06 bits per heavy atom. The van der Waals surface area contributed by atoms with Crippen LogP contribution in [0.4, 0.5) is 0 Å². The van der Waals surface area contributed by atoms with Gasteiger partial charge in [-0.25, -0.2) is 0 Å². The van der Waals surface area contributed by atoms with Crippen LogP contribution in [0.2, 0.25) is 0 Å². The third kappa shape index (κ3) is 2.09. The fourth-order valence-corrected chi connectivity index (χ4v) is 2.50. The van der Waals surface area contributed by atoms with E-state index < -0.39 is 0 Å². The first-order valence-electron chi connectivity index (χ1n) is 6.23. The van der Waals surface area contributed by atoms with Crippen LogP contribution < -0.4 is 5.32 Å². The van der Waals surface area contributed by atoms with Gasteiger partial charge >= 0.3 is 0 Å². The molecule has 0 bridgehead atoms. The van der Waals surface area contributed by atoms with Crippen molar-refractivity contribution >= 4 is 5.91 Å². The Labute approximate surface area is 106 Å². The smallest absolute Gasteiger partial charge is 0.252 e. The largest absolute Gasteiger partial charge is 0.363 e. The number of rotatable bonds is 2. The third-order valence-electron chi connectivity index (χ3n) is 3.53. The Morgan fingerprint density at radius 2 is 2.33 bits per heavy atom. The highest BCUT2D eigenvalue weighted by Crippen LogP contribution is 2.30. The van der Waals surface area contributed by atoms with Crippen molar-refractivity contribution < 1.29 is 9.53 Å². The van der Waals surface area contributed by atoms with Crippen molar-refractivity contribution in [3.63, 3.8) is 0 Å². The molecule has 4 nitrogen and oxygen atoms in total. The standard InChI is InChI=1S/C14H14N2O2/c15-7-9-4-5-11-10(6-9)2-1-3-12(11)16-14(17)13-8-18-13/h4-6,12-13H,1-3,8H2,(H,16,17). The first kappa shape index (κ1) is 11.2. The average molecular weight is 242 g/mol. The number of hydrogen-bond acceptors (Lipinski definition) is 3. The Kier molecular flexibility index (Phi) is 2.77. The van der Waals surface area contributed by atoms with Gasteiger partial charge in [-0.3, -0.25) is 4.79 Å². The summed E-state index contributed by atoms with van der Waals surface area (Å²) in [5, 5.41) is 11.9. The zero-order valence-corrected chi connectivity index (χ0v) is 9.98. The van der Waals surface area contributed by atoms with Gasteiger partial charge in [-0.1, -0.05) is 6.07 Å². The zero-order chi connectivity index (χ0) is 12.5. The van der Waals surface area contributed by atoms with E-state index in [0.29, 0.717) is 12.2 Å². The number of fused-ring (bicyclic) bond motifs is 1. The number of benzene rings is 1. The molecule has 1 fully saturated rings. The van der Waals surface area contributed by atoms with E-state index in [0.717, 1.165) is 24.8 Å². The molecule has 1 aromatic carbocycles. The van der Waals surface area contributed by atoms with E-state index in [9.17, 15) is 4.79 Å². The van der Waals surface area contributed by atoms with Crippen LogP contribution >= 0.6 is 0 Å². The fourth-order valence-electron chi connectivity index (χ4n) is 2.50.